The number of likely N-dealkylation sites (tertiary alicyclic amines) is 1. The van der Waals surface area contributed by atoms with E-state index in [0.29, 0.717) is 22.4 Å². The maximum Gasteiger partial charge on any atom is 0.321 e. The Labute approximate surface area is 153 Å². The third-order valence-electron chi connectivity index (χ3n) is 5.55. The summed E-state index contributed by atoms with van der Waals surface area (Å²) in [5.74, 6) is -0.166. The SMILES string of the molecule is O=C(Nc1cccc(NC(=O)N2CCC3(CCC3)C2)c1)c1ccccc1. The molecule has 1 saturated heterocycles. The number of rotatable bonds is 3. The van der Waals surface area contributed by atoms with Gasteiger partial charge in [0.05, 0.1) is 0 Å². The molecule has 1 aliphatic carbocycles. The highest BCUT2D eigenvalue weighted by Gasteiger charge is 2.44. The van der Waals surface area contributed by atoms with Gasteiger partial charge in [-0.25, -0.2) is 4.79 Å². The summed E-state index contributed by atoms with van der Waals surface area (Å²) in [6.45, 7) is 1.69. The lowest BCUT2D eigenvalue weighted by Crippen LogP contribution is -2.37. The number of amides is 3. The van der Waals surface area contributed by atoms with Gasteiger partial charge in [0.2, 0.25) is 0 Å². The molecule has 2 aliphatic rings. The number of urea groups is 1. The van der Waals surface area contributed by atoms with Gasteiger partial charge in [0.1, 0.15) is 0 Å². The smallest absolute Gasteiger partial charge is 0.321 e. The van der Waals surface area contributed by atoms with E-state index in [0.717, 1.165) is 19.5 Å². The average molecular weight is 349 g/mol. The van der Waals surface area contributed by atoms with Crippen molar-refractivity contribution < 1.29 is 9.59 Å². The summed E-state index contributed by atoms with van der Waals surface area (Å²) in [4.78, 5) is 26.7. The number of nitrogens with zero attached hydrogens (tertiary/aromatic N) is 1. The summed E-state index contributed by atoms with van der Waals surface area (Å²) in [7, 11) is 0. The first-order valence-electron chi connectivity index (χ1n) is 9.16. The third kappa shape index (κ3) is 3.43. The molecule has 0 bridgehead atoms. The molecule has 0 aromatic heterocycles. The fraction of sp³-hybridized carbons (Fsp3) is 0.333. The molecule has 0 radical (unpaired) electrons. The van der Waals surface area contributed by atoms with Gasteiger partial charge in [-0.2, -0.15) is 0 Å². The first-order chi connectivity index (χ1) is 12.6. The Morgan fingerprint density at radius 2 is 1.62 bits per heavy atom. The van der Waals surface area contributed by atoms with Crippen molar-refractivity contribution in [2.45, 2.75) is 25.7 Å². The molecule has 0 atom stereocenters. The molecule has 2 fully saturated rings. The van der Waals surface area contributed by atoms with E-state index in [-0.39, 0.29) is 11.9 Å². The van der Waals surface area contributed by atoms with Crippen LogP contribution in [0.3, 0.4) is 0 Å². The summed E-state index contributed by atoms with van der Waals surface area (Å²) in [6, 6.07) is 16.3. The first-order valence-corrected chi connectivity index (χ1v) is 9.16. The maximum absolute atomic E-state index is 12.5. The zero-order valence-corrected chi connectivity index (χ0v) is 14.7. The Morgan fingerprint density at radius 1 is 0.885 bits per heavy atom. The number of benzene rings is 2. The molecule has 5 heteroatoms. The van der Waals surface area contributed by atoms with Crippen molar-refractivity contribution in [1.29, 1.82) is 0 Å². The van der Waals surface area contributed by atoms with Gasteiger partial charge in [-0.3, -0.25) is 4.79 Å². The summed E-state index contributed by atoms with van der Waals surface area (Å²) in [5.41, 5.74) is 2.34. The van der Waals surface area contributed by atoms with Crippen LogP contribution in [0.4, 0.5) is 16.2 Å². The Hall–Kier alpha value is -2.82. The average Bonchev–Trinajstić information content (AvgIpc) is 3.09. The van der Waals surface area contributed by atoms with Crippen LogP contribution in [-0.4, -0.2) is 29.9 Å². The lowest BCUT2D eigenvalue weighted by molar-refractivity contribution is 0.102. The predicted molar refractivity (Wildman–Crippen MR) is 102 cm³/mol. The number of hydrogen-bond donors (Lipinski definition) is 2. The fourth-order valence-corrected chi connectivity index (χ4v) is 3.86. The van der Waals surface area contributed by atoms with Crippen LogP contribution in [-0.2, 0) is 0 Å². The summed E-state index contributed by atoms with van der Waals surface area (Å²) < 4.78 is 0. The number of carbonyl (C=O) groups excluding carboxylic acids is 2. The second-order valence-electron chi connectivity index (χ2n) is 7.36. The molecule has 26 heavy (non-hydrogen) atoms. The van der Waals surface area contributed by atoms with E-state index in [1.165, 1.54) is 19.3 Å². The Morgan fingerprint density at radius 3 is 2.27 bits per heavy atom. The Kier molecular flexibility index (Phi) is 4.37. The monoisotopic (exact) mass is 349 g/mol. The minimum Gasteiger partial charge on any atom is -0.324 e. The van der Waals surface area contributed by atoms with Crippen LogP contribution >= 0.6 is 0 Å². The zero-order chi connectivity index (χ0) is 18.0. The van der Waals surface area contributed by atoms with E-state index in [4.69, 9.17) is 0 Å². The molecule has 2 N–H and O–H groups in total. The molecular formula is C21H23N3O2. The van der Waals surface area contributed by atoms with Crippen LogP contribution in [0.15, 0.2) is 54.6 Å². The van der Waals surface area contributed by atoms with E-state index in [1.807, 2.05) is 41.3 Å². The van der Waals surface area contributed by atoms with Crippen LogP contribution in [0.25, 0.3) is 0 Å². The van der Waals surface area contributed by atoms with Crippen LogP contribution in [0, 0.1) is 5.41 Å². The predicted octanol–water partition coefficient (Wildman–Crippen LogP) is 4.35. The van der Waals surface area contributed by atoms with Crippen molar-refractivity contribution in [2.75, 3.05) is 23.7 Å². The van der Waals surface area contributed by atoms with Crippen LogP contribution in [0.5, 0.6) is 0 Å². The molecule has 4 rings (SSSR count). The lowest BCUT2D eigenvalue weighted by Gasteiger charge is -2.37. The van der Waals surface area contributed by atoms with Gasteiger partial charge in [0.15, 0.2) is 0 Å². The van der Waals surface area contributed by atoms with E-state index in [9.17, 15) is 9.59 Å². The molecule has 134 valence electrons. The van der Waals surface area contributed by atoms with Crippen LogP contribution in [0.1, 0.15) is 36.0 Å². The molecule has 5 nitrogen and oxygen atoms in total. The highest BCUT2D eigenvalue weighted by molar-refractivity contribution is 6.04. The number of hydrogen-bond acceptors (Lipinski definition) is 2. The number of anilines is 2. The molecule has 1 saturated carbocycles. The van der Waals surface area contributed by atoms with Crippen molar-refractivity contribution in [3.63, 3.8) is 0 Å². The molecule has 0 unspecified atom stereocenters. The van der Waals surface area contributed by atoms with Gasteiger partial charge >= 0.3 is 6.03 Å². The summed E-state index contributed by atoms with van der Waals surface area (Å²) in [6.07, 6.45) is 4.90. The fourth-order valence-electron chi connectivity index (χ4n) is 3.86. The van der Waals surface area contributed by atoms with E-state index >= 15 is 0 Å². The normalized spacial score (nSPS) is 17.6. The second-order valence-corrected chi connectivity index (χ2v) is 7.36. The maximum atomic E-state index is 12.5. The molecule has 2 aromatic rings. The van der Waals surface area contributed by atoms with Crippen molar-refractivity contribution in [2.24, 2.45) is 5.41 Å². The van der Waals surface area contributed by atoms with Gasteiger partial charge in [-0.1, -0.05) is 30.7 Å². The van der Waals surface area contributed by atoms with Gasteiger partial charge in [0.25, 0.3) is 5.91 Å². The number of nitrogens with one attached hydrogen (secondary N) is 2. The van der Waals surface area contributed by atoms with Crippen molar-refractivity contribution in [1.82, 2.24) is 4.90 Å². The van der Waals surface area contributed by atoms with Gasteiger partial charge in [-0.15, -0.1) is 0 Å². The molecule has 1 aliphatic heterocycles. The van der Waals surface area contributed by atoms with Gasteiger partial charge < -0.3 is 15.5 Å². The topological polar surface area (TPSA) is 61.4 Å². The van der Waals surface area contributed by atoms with E-state index < -0.39 is 0 Å². The quantitative estimate of drug-likeness (QED) is 0.865. The molecule has 1 spiro atoms. The largest absolute Gasteiger partial charge is 0.324 e. The molecule has 2 aromatic carbocycles. The minimum absolute atomic E-state index is 0.0553. The van der Waals surface area contributed by atoms with Crippen LogP contribution in [0.2, 0.25) is 0 Å². The highest BCUT2D eigenvalue weighted by Crippen LogP contribution is 2.47. The van der Waals surface area contributed by atoms with Crippen LogP contribution < -0.4 is 10.6 Å². The van der Waals surface area contributed by atoms with Crippen molar-refractivity contribution in [3.05, 3.63) is 60.2 Å². The van der Waals surface area contributed by atoms with Crippen molar-refractivity contribution in [3.8, 4) is 0 Å². The zero-order valence-electron chi connectivity index (χ0n) is 14.7. The lowest BCUT2D eigenvalue weighted by atomic mass is 9.68. The third-order valence-corrected chi connectivity index (χ3v) is 5.55. The van der Waals surface area contributed by atoms with Gasteiger partial charge in [0, 0.05) is 30.0 Å². The number of carbonyl (C=O) groups is 2. The second kappa shape index (κ2) is 6.83. The summed E-state index contributed by atoms with van der Waals surface area (Å²) in [5, 5.41) is 5.83. The van der Waals surface area contributed by atoms with Gasteiger partial charge in [-0.05, 0) is 55.0 Å². The standard InChI is InChI=1S/C21H23N3O2/c25-19(16-6-2-1-3-7-16)22-17-8-4-9-18(14-17)23-20(26)24-13-12-21(15-24)10-5-11-21/h1-4,6-9,14H,5,10-13,15H2,(H,22,25)(H,23,26). The Balaban J connectivity index is 1.38. The van der Waals surface area contributed by atoms with E-state index in [2.05, 4.69) is 10.6 Å². The molecular weight excluding hydrogens is 326 g/mol. The van der Waals surface area contributed by atoms with Crippen molar-refractivity contribution >= 4 is 23.3 Å². The minimum atomic E-state index is -0.166. The Bertz CT molecular complexity index is 815. The van der Waals surface area contributed by atoms with E-state index in [1.54, 1.807) is 18.2 Å². The molecule has 3 amide bonds. The first kappa shape index (κ1) is 16.6. The highest BCUT2D eigenvalue weighted by atomic mass is 16.2. The molecule has 1 heterocycles. The summed E-state index contributed by atoms with van der Waals surface area (Å²) >= 11 is 0.